The number of ether oxygens (including phenoxy) is 1. The summed E-state index contributed by atoms with van der Waals surface area (Å²) in [6, 6.07) is 17.4. The Kier molecular flexibility index (Phi) is 5.26. The SMILES string of the molecule is N#Cc1ccc(N2CCC(N3CCOC(c4cccc(Br)c4)C3)C2=O)cc1. The fourth-order valence-electron chi connectivity index (χ4n) is 3.84. The Morgan fingerprint density at radius 2 is 1.96 bits per heavy atom. The second kappa shape index (κ2) is 7.81. The van der Waals surface area contributed by atoms with Gasteiger partial charge in [-0.25, -0.2) is 0 Å². The second-order valence-electron chi connectivity index (χ2n) is 6.86. The van der Waals surface area contributed by atoms with Crippen molar-refractivity contribution in [3.63, 3.8) is 0 Å². The summed E-state index contributed by atoms with van der Waals surface area (Å²) in [5.41, 5.74) is 2.59. The topological polar surface area (TPSA) is 56.6 Å². The molecule has 5 nitrogen and oxygen atoms in total. The van der Waals surface area contributed by atoms with Crippen molar-refractivity contribution in [1.29, 1.82) is 5.26 Å². The molecule has 0 aliphatic carbocycles. The summed E-state index contributed by atoms with van der Waals surface area (Å²) in [5, 5.41) is 8.94. The molecule has 2 fully saturated rings. The van der Waals surface area contributed by atoms with E-state index in [-0.39, 0.29) is 18.1 Å². The van der Waals surface area contributed by atoms with E-state index in [2.05, 4.69) is 39.0 Å². The fourth-order valence-corrected chi connectivity index (χ4v) is 4.25. The first-order valence-electron chi connectivity index (χ1n) is 9.08. The third-order valence-corrected chi connectivity index (χ3v) is 5.74. The molecule has 0 bridgehead atoms. The van der Waals surface area contributed by atoms with Crippen LogP contribution in [-0.2, 0) is 9.53 Å². The number of nitrogens with zero attached hydrogens (tertiary/aromatic N) is 3. The van der Waals surface area contributed by atoms with E-state index < -0.39 is 0 Å². The Bertz CT molecular complexity index is 878. The first-order valence-corrected chi connectivity index (χ1v) is 9.87. The molecule has 2 heterocycles. The quantitative estimate of drug-likeness (QED) is 0.754. The van der Waals surface area contributed by atoms with E-state index in [1.807, 2.05) is 29.2 Å². The highest BCUT2D eigenvalue weighted by molar-refractivity contribution is 9.10. The summed E-state index contributed by atoms with van der Waals surface area (Å²) in [6.45, 7) is 2.81. The molecule has 4 rings (SSSR count). The van der Waals surface area contributed by atoms with Gasteiger partial charge in [0.1, 0.15) is 0 Å². The zero-order chi connectivity index (χ0) is 18.8. The lowest BCUT2D eigenvalue weighted by Gasteiger charge is -2.36. The van der Waals surface area contributed by atoms with Crippen molar-refractivity contribution in [2.45, 2.75) is 18.6 Å². The van der Waals surface area contributed by atoms with Gasteiger partial charge in [0.05, 0.1) is 30.4 Å². The molecule has 2 atom stereocenters. The highest BCUT2D eigenvalue weighted by atomic mass is 79.9. The van der Waals surface area contributed by atoms with Gasteiger partial charge in [-0.2, -0.15) is 5.26 Å². The van der Waals surface area contributed by atoms with E-state index in [9.17, 15) is 4.79 Å². The van der Waals surface area contributed by atoms with Gasteiger partial charge in [0, 0.05) is 29.8 Å². The Morgan fingerprint density at radius 3 is 2.70 bits per heavy atom. The third kappa shape index (κ3) is 3.77. The average Bonchev–Trinajstić information content (AvgIpc) is 3.09. The van der Waals surface area contributed by atoms with Gasteiger partial charge in [-0.1, -0.05) is 28.1 Å². The minimum atomic E-state index is -0.112. The van der Waals surface area contributed by atoms with Crippen molar-refractivity contribution in [1.82, 2.24) is 4.90 Å². The molecule has 0 spiro atoms. The maximum atomic E-state index is 13.0. The molecular formula is C21H20BrN3O2. The van der Waals surface area contributed by atoms with Crippen LogP contribution in [0.25, 0.3) is 0 Å². The number of hydrogen-bond acceptors (Lipinski definition) is 4. The Balaban J connectivity index is 1.47. The molecule has 2 unspecified atom stereocenters. The summed E-state index contributed by atoms with van der Waals surface area (Å²) in [7, 11) is 0. The predicted molar refractivity (Wildman–Crippen MR) is 106 cm³/mol. The third-order valence-electron chi connectivity index (χ3n) is 5.24. The van der Waals surface area contributed by atoms with E-state index in [4.69, 9.17) is 10.00 Å². The summed E-state index contributed by atoms with van der Waals surface area (Å²) in [4.78, 5) is 17.1. The number of carbonyl (C=O) groups excluding carboxylic acids is 1. The number of nitriles is 1. The number of anilines is 1. The Morgan fingerprint density at radius 1 is 1.15 bits per heavy atom. The van der Waals surface area contributed by atoms with Crippen LogP contribution in [0.4, 0.5) is 5.69 Å². The summed E-state index contributed by atoms with van der Waals surface area (Å²) < 4.78 is 7.00. The van der Waals surface area contributed by atoms with E-state index >= 15 is 0 Å². The number of rotatable bonds is 3. The molecule has 0 saturated carbocycles. The number of halogens is 1. The van der Waals surface area contributed by atoms with Crippen molar-refractivity contribution in [3.05, 3.63) is 64.1 Å². The standard InChI is InChI=1S/C21H20BrN3O2/c22-17-3-1-2-16(12-17)20-14-24(10-11-27-20)19-8-9-25(21(19)26)18-6-4-15(13-23)5-7-18/h1-7,12,19-20H,8-11,14H2. The molecule has 6 heteroatoms. The van der Waals surface area contributed by atoms with Crippen LogP contribution in [0.3, 0.4) is 0 Å². The first-order chi connectivity index (χ1) is 13.2. The fraction of sp³-hybridized carbons (Fsp3) is 0.333. The Hall–Kier alpha value is -2.20. The number of benzene rings is 2. The zero-order valence-electron chi connectivity index (χ0n) is 14.8. The van der Waals surface area contributed by atoms with Crippen LogP contribution < -0.4 is 4.90 Å². The molecular weight excluding hydrogens is 406 g/mol. The summed E-state index contributed by atoms with van der Waals surface area (Å²) in [6.07, 6.45) is 0.789. The largest absolute Gasteiger partial charge is 0.371 e. The smallest absolute Gasteiger partial charge is 0.244 e. The molecule has 2 aromatic carbocycles. The van der Waals surface area contributed by atoms with E-state index in [0.29, 0.717) is 25.3 Å². The monoisotopic (exact) mass is 425 g/mol. The molecule has 2 saturated heterocycles. The van der Waals surface area contributed by atoms with Crippen LogP contribution >= 0.6 is 15.9 Å². The van der Waals surface area contributed by atoms with E-state index in [1.54, 1.807) is 12.1 Å². The summed E-state index contributed by atoms with van der Waals surface area (Å²) in [5.74, 6) is 0.134. The van der Waals surface area contributed by atoms with Crippen molar-refractivity contribution >= 4 is 27.5 Å². The highest BCUT2D eigenvalue weighted by Crippen LogP contribution is 2.30. The first kappa shape index (κ1) is 18.2. The van der Waals surface area contributed by atoms with E-state index in [1.165, 1.54) is 0 Å². The minimum absolute atomic E-state index is 0.0204. The molecule has 2 aliphatic heterocycles. The highest BCUT2D eigenvalue weighted by Gasteiger charge is 2.38. The second-order valence-corrected chi connectivity index (χ2v) is 7.78. The molecule has 27 heavy (non-hydrogen) atoms. The molecule has 2 aromatic rings. The van der Waals surface area contributed by atoms with Crippen molar-refractivity contribution < 1.29 is 9.53 Å². The lowest BCUT2D eigenvalue weighted by atomic mass is 10.1. The van der Waals surface area contributed by atoms with Crippen LogP contribution in [0.2, 0.25) is 0 Å². The Labute approximate surface area is 167 Å². The van der Waals surface area contributed by atoms with Crippen LogP contribution in [0.1, 0.15) is 23.7 Å². The number of hydrogen-bond donors (Lipinski definition) is 0. The van der Waals surface area contributed by atoms with Gasteiger partial charge < -0.3 is 9.64 Å². The van der Waals surface area contributed by atoms with Crippen LogP contribution in [-0.4, -0.2) is 43.1 Å². The molecule has 138 valence electrons. The number of carbonyl (C=O) groups is 1. The summed E-state index contributed by atoms with van der Waals surface area (Å²) >= 11 is 3.51. The van der Waals surface area contributed by atoms with E-state index in [0.717, 1.165) is 28.7 Å². The maximum Gasteiger partial charge on any atom is 0.244 e. The van der Waals surface area contributed by atoms with Gasteiger partial charge in [-0.3, -0.25) is 9.69 Å². The number of amides is 1. The molecule has 0 radical (unpaired) electrons. The van der Waals surface area contributed by atoms with Crippen LogP contribution in [0, 0.1) is 11.3 Å². The van der Waals surface area contributed by atoms with Crippen molar-refractivity contribution in [2.75, 3.05) is 31.1 Å². The minimum Gasteiger partial charge on any atom is -0.371 e. The van der Waals surface area contributed by atoms with Crippen LogP contribution in [0.5, 0.6) is 0 Å². The van der Waals surface area contributed by atoms with Crippen molar-refractivity contribution in [2.24, 2.45) is 0 Å². The lowest BCUT2D eigenvalue weighted by molar-refractivity contribution is -0.125. The zero-order valence-corrected chi connectivity index (χ0v) is 16.4. The van der Waals surface area contributed by atoms with Gasteiger partial charge in [-0.15, -0.1) is 0 Å². The van der Waals surface area contributed by atoms with Gasteiger partial charge in [-0.05, 0) is 48.4 Å². The lowest BCUT2D eigenvalue weighted by Crippen LogP contribution is -2.48. The predicted octanol–water partition coefficient (Wildman–Crippen LogP) is 3.50. The van der Waals surface area contributed by atoms with Gasteiger partial charge in [0.15, 0.2) is 0 Å². The van der Waals surface area contributed by atoms with Gasteiger partial charge >= 0.3 is 0 Å². The van der Waals surface area contributed by atoms with Gasteiger partial charge in [0.2, 0.25) is 5.91 Å². The molecule has 1 amide bonds. The maximum absolute atomic E-state index is 13.0. The van der Waals surface area contributed by atoms with Gasteiger partial charge in [0.25, 0.3) is 0 Å². The van der Waals surface area contributed by atoms with Crippen LogP contribution in [0.15, 0.2) is 53.0 Å². The molecule has 0 N–H and O–H groups in total. The number of morpholine rings is 1. The average molecular weight is 426 g/mol. The molecule has 2 aliphatic rings. The normalized spacial score (nSPS) is 23.4. The molecule has 0 aromatic heterocycles. The van der Waals surface area contributed by atoms with Crippen molar-refractivity contribution in [3.8, 4) is 6.07 Å².